The smallest absolute Gasteiger partial charge is 0.127 e. The van der Waals surface area contributed by atoms with E-state index in [1.54, 1.807) is 31.2 Å². The standard InChI is InChI=1S/C15H14ClF2N/c1-9-2-3-11(6-13(9)17)15(19)7-10-4-5-12(16)8-14(10)18/h2-6,8,15H,7,19H2,1H3. The van der Waals surface area contributed by atoms with Crippen LogP contribution in [0.3, 0.4) is 0 Å². The molecule has 0 amide bonds. The Bertz CT molecular complexity index is 599. The Morgan fingerprint density at radius 2 is 1.84 bits per heavy atom. The monoisotopic (exact) mass is 281 g/mol. The molecule has 2 aromatic carbocycles. The lowest BCUT2D eigenvalue weighted by atomic mass is 9.98. The molecule has 0 aliphatic rings. The lowest BCUT2D eigenvalue weighted by molar-refractivity contribution is 0.588. The van der Waals surface area contributed by atoms with Gasteiger partial charge in [0.2, 0.25) is 0 Å². The van der Waals surface area contributed by atoms with Crippen LogP contribution in [-0.2, 0) is 6.42 Å². The van der Waals surface area contributed by atoms with Gasteiger partial charge in [0.15, 0.2) is 0 Å². The highest BCUT2D eigenvalue weighted by Gasteiger charge is 2.12. The molecule has 0 spiro atoms. The summed E-state index contributed by atoms with van der Waals surface area (Å²) in [7, 11) is 0. The van der Waals surface area contributed by atoms with Crippen LogP contribution in [0.15, 0.2) is 36.4 Å². The van der Waals surface area contributed by atoms with Crippen molar-refractivity contribution in [1.82, 2.24) is 0 Å². The highest BCUT2D eigenvalue weighted by molar-refractivity contribution is 6.30. The summed E-state index contributed by atoms with van der Waals surface area (Å²) in [5.74, 6) is -0.694. The lowest BCUT2D eigenvalue weighted by Gasteiger charge is -2.13. The molecule has 0 saturated carbocycles. The highest BCUT2D eigenvalue weighted by Crippen LogP contribution is 2.22. The fourth-order valence-corrected chi connectivity index (χ4v) is 2.04. The average molecular weight is 282 g/mol. The van der Waals surface area contributed by atoms with Gasteiger partial charge in [0, 0.05) is 11.1 Å². The van der Waals surface area contributed by atoms with Crippen molar-refractivity contribution in [3.05, 3.63) is 69.7 Å². The molecule has 2 rings (SSSR count). The topological polar surface area (TPSA) is 26.0 Å². The first-order chi connectivity index (χ1) is 8.97. The number of benzene rings is 2. The van der Waals surface area contributed by atoms with E-state index in [1.165, 1.54) is 12.1 Å². The minimum absolute atomic E-state index is 0.297. The van der Waals surface area contributed by atoms with Gasteiger partial charge < -0.3 is 5.73 Å². The molecule has 2 aromatic rings. The second-order valence-electron chi connectivity index (χ2n) is 4.55. The van der Waals surface area contributed by atoms with E-state index in [9.17, 15) is 8.78 Å². The summed E-state index contributed by atoms with van der Waals surface area (Å²) in [4.78, 5) is 0. The summed E-state index contributed by atoms with van der Waals surface area (Å²) < 4.78 is 27.1. The van der Waals surface area contributed by atoms with E-state index in [1.807, 2.05) is 0 Å². The minimum atomic E-state index is -0.453. The number of rotatable bonds is 3. The van der Waals surface area contributed by atoms with E-state index in [2.05, 4.69) is 0 Å². The van der Waals surface area contributed by atoms with Gasteiger partial charge in [0.05, 0.1) is 0 Å². The average Bonchev–Trinajstić information content (AvgIpc) is 2.36. The van der Waals surface area contributed by atoms with Gasteiger partial charge in [-0.05, 0) is 48.2 Å². The highest BCUT2D eigenvalue weighted by atomic mass is 35.5. The molecule has 0 aliphatic heterocycles. The number of nitrogens with two attached hydrogens (primary N) is 1. The fraction of sp³-hybridized carbons (Fsp3) is 0.200. The molecular formula is C15H14ClF2N. The van der Waals surface area contributed by atoms with Crippen LogP contribution in [-0.4, -0.2) is 0 Å². The Balaban J connectivity index is 2.20. The predicted octanol–water partition coefficient (Wildman–Crippen LogP) is 4.17. The molecule has 0 heterocycles. The van der Waals surface area contributed by atoms with Crippen LogP contribution >= 0.6 is 11.6 Å². The van der Waals surface area contributed by atoms with Crippen LogP contribution in [0.4, 0.5) is 8.78 Å². The van der Waals surface area contributed by atoms with Crippen molar-refractivity contribution < 1.29 is 8.78 Å². The Hall–Kier alpha value is -1.45. The second-order valence-corrected chi connectivity index (χ2v) is 4.99. The molecule has 0 aromatic heterocycles. The van der Waals surface area contributed by atoms with Gasteiger partial charge >= 0.3 is 0 Å². The van der Waals surface area contributed by atoms with Crippen molar-refractivity contribution in [2.75, 3.05) is 0 Å². The van der Waals surface area contributed by atoms with Gasteiger partial charge in [-0.25, -0.2) is 8.78 Å². The molecule has 1 unspecified atom stereocenters. The zero-order chi connectivity index (χ0) is 14.0. The Labute approximate surface area is 116 Å². The molecule has 19 heavy (non-hydrogen) atoms. The maximum absolute atomic E-state index is 13.7. The molecular weight excluding hydrogens is 268 g/mol. The Morgan fingerprint density at radius 1 is 1.11 bits per heavy atom. The van der Waals surface area contributed by atoms with Gasteiger partial charge in [0.25, 0.3) is 0 Å². The molecule has 0 fully saturated rings. The van der Waals surface area contributed by atoms with Crippen molar-refractivity contribution in [1.29, 1.82) is 0 Å². The summed E-state index contributed by atoms with van der Waals surface area (Å²) in [6.45, 7) is 1.68. The van der Waals surface area contributed by atoms with Crippen molar-refractivity contribution in [3.63, 3.8) is 0 Å². The van der Waals surface area contributed by atoms with E-state index in [0.29, 0.717) is 28.1 Å². The lowest BCUT2D eigenvalue weighted by Crippen LogP contribution is -2.14. The van der Waals surface area contributed by atoms with Crippen molar-refractivity contribution in [2.45, 2.75) is 19.4 Å². The third kappa shape index (κ3) is 3.31. The summed E-state index contributed by atoms with van der Waals surface area (Å²) in [5, 5.41) is 0.344. The zero-order valence-electron chi connectivity index (χ0n) is 10.5. The second kappa shape index (κ2) is 5.68. The van der Waals surface area contributed by atoms with Gasteiger partial charge in [0.1, 0.15) is 11.6 Å². The third-order valence-corrected chi connectivity index (χ3v) is 3.31. The van der Waals surface area contributed by atoms with Crippen LogP contribution in [0, 0.1) is 18.6 Å². The SMILES string of the molecule is Cc1ccc(C(N)Cc2ccc(Cl)cc2F)cc1F. The molecule has 4 heteroatoms. The maximum Gasteiger partial charge on any atom is 0.127 e. The number of halogens is 3. The van der Waals surface area contributed by atoms with E-state index in [0.717, 1.165) is 0 Å². The largest absolute Gasteiger partial charge is 0.324 e. The van der Waals surface area contributed by atoms with Crippen LogP contribution in [0.25, 0.3) is 0 Å². The molecule has 0 saturated heterocycles. The third-order valence-electron chi connectivity index (χ3n) is 3.08. The van der Waals surface area contributed by atoms with Crippen LogP contribution < -0.4 is 5.73 Å². The van der Waals surface area contributed by atoms with E-state index < -0.39 is 11.9 Å². The van der Waals surface area contributed by atoms with Gasteiger partial charge in [-0.2, -0.15) is 0 Å². The molecule has 0 bridgehead atoms. The molecule has 0 radical (unpaired) electrons. The summed E-state index contributed by atoms with van der Waals surface area (Å²) in [6.07, 6.45) is 0.297. The molecule has 100 valence electrons. The first kappa shape index (κ1) is 14.0. The summed E-state index contributed by atoms with van der Waals surface area (Å²) in [5.41, 5.74) is 7.67. The normalized spacial score (nSPS) is 12.5. The maximum atomic E-state index is 13.7. The first-order valence-corrected chi connectivity index (χ1v) is 6.30. The molecule has 2 N–H and O–H groups in total. The number of hydrogen-bond donors (Lipinski definition) is 1. The van der Waals surface area contributed by atoms with Gasteiger partial charge in [-0.3, -0.25) is 0 Å². The molecule has 1 nitrogen and oxygen atoms in total. The van der Waals surface area contributed by atoms with Crippen molar-refractivity contribution in [2.24, 2.45) is 5.73 Å². The van der Waals surface area contributed by atoms with Crippen molar-refractivity contribution in [3.8, 4) is 0 Å². The number of aryl methyl sites for hydroxylation is 1. The van der Waals surface area contributed by atoms with Crippen molar-refractivity contribution >= 4 is 11.6 Å². The zero-order valence-corrected chi connectivity index (χ0v) is 11.2. The minimum Gasteiger partial charge on any atom is -0.324 e. The summed E-state index contributed by atoms with van der Waals surface area (Å²) in [6, 6.07) is 8.84. The van der Waals surface area contributed by atoms with Gasteiger partial charge in [-0.1, -0.05) is 29.8 Å². The molecule has 1 atom stereocenters. The number of hydrogen-bond acceptors (Lipinski definition) is 1. The van der Waals surface area contributed by atoms with E-state index >= 15 is 0 Å². The van der Waals surface area contributed by atoms with Gasteiger partial charge in [-0.15, -0.1) is 0 Å². The Morgan fingerprint density at radius 3 is 2.47 bits per heavy atom. The first-order valence-electron chi connectivity index (χ1n) is 5.93. The van der Waals surface area contributed by atoms with E-state index in [4.69, 9.17) is 17.3 Å². The fourth-order valence-electron chi connectivity index (χ4n) is 1.88. The van der Waals surface area contributed by atoms with E-state index in [-0.39, 0.29) is 5.82 Å². The van der Waals surface area contributed by atoms with Crippen LogP contribution in [0.1, 0.15) is 22.7 Å². The Kier molecular flexibility index (Phi) is 4.17. The molecule has 0 aliphatic carbocycles. The van der Waals surface area contributed by atoms with Crippen LogP contribution in [0.2, 0.25) is 5.02 Å². The predicted molar refractivity (Wildman–Crippen MR) is 73.2 cm³/mol. The summed E-state index contributed by atoms with van der Waals surface area (Å²) >= 11 is 5.69. The quantitative estimate of drug-likeness (QED) is 0.898. The van der Waals surface area contributed by atoms with Crippen LogP contribution in [0.5, 0.6) is 0 Å².